The first-order chi connectivity index (χ1) is 11.0. The van der Waals surface area contributed by atoms with E-state index in [9.17, 15) is 13.2 Å². The van der Waals surface area contributed by atoms with E-state index >= 15 is 0 Å². The van der Waals surface area contributed by atoms with Crippen LogP contribution in [0.2, 0.25) is 0 Å². The number of ether oxygens (including phenoxy) is 1. The van der Waals surface area contributed by atoms with Crippen LogP contribution < -0.4 is 0 Å². The molecule has 5 heteroatoms. The predicted molar refractivity (Wildman–Crippen MR) is 90.0 cm³/mol. The number of carbonyl (C=O) groups excluding carboxylic acids is 1. The smallest absolute Gasteiger partial charge is 0.178 e. The van der Waals surface area contributed by atoms with Crippen LogP contribution in [0.5, 0.6) is 0 Å². The minimum absolute atomic E-state index is 0.0689. The zero-order valence-electron chi connectivity index (χ0n) is 13.4. The molecule has 0 aromatic heterocycles. The van der Waals surface area contributed by atoms with Gasteiger partial charge < -0.3 is 9.53 Å². The van der Waals surface area contributed by atoms with Crippen molar-refractivity contribution in [1.82, 2.24) is 0 Å². The summed E-state index contributed by atoms with van der Waals surface area (Å²) >= 11 is 0. The SMILES string of the molecule is C[C@@H](CCS(=O)(=O)c1ccccc1)C[C@@H]1CC=C[C@@H](CC=O)O1. The molecular formula is C18H24O4S. The molecule has 1 aromatic rings. The van der Waals surface area contributed by atoms with Crippen LogP contribution in [0.25, 0.3) is 0 Å². The fourth-order valence-corrected chi connectivity index (χ4v) is 4.30. The lowest BCUT2D eigenvalue weighted by Crippen LogP contribution is -2.26. The molecular weight excluding hydrogens is 312 g/mol. The van der Waals surface area contributed by atoms with Gasteiger partial charge in [0.15, 0.2) is 9.84 Å². The summed E-state index contributed by atoms with van der Waals surface area (Å²) in [6, 6.07) is 8.57. The van der Waals surface area contributed by atoms with Crippen molar-refractivity contribution >= 4 is 16.1 Å². The molecule has 23 heavy (non-hydrogen) atoms. The van der Waals surface area contributed by atoms with Gasteiger partial charge in [-0.1, -0.05) is 37.3 Å². The summed E-state index contributed by atoms with van der Waals surface area (Å²) in [5.41, 5.74) is 0. The highest BCUT2D eigenvalue weighted by atomic mass is 32.2. The number of hydrogen-bond acceptors (Lipinski definition) is 4. The van der Waals surface area contributed by atoms with Gasteiger partial charge >= 0.3 is 0 Å². The third-order valence-corrected chi connectivity index (χ3v) is 5.86. The van der Waals surface area contributed by atoms with E-state index in [1.54, 1.807) is 24.3 Å². The Labute approximate surface area is 138 Å². The van der Waals surface area contributed by atoms with Crippen LogP contribution in [0.15, 0.2) is 47.4 Å². The molecule has 0 fully saturated rings. The van der Waals surface area contributed by atoms with Crippen LogP contribution in [-0.2, 0) is 19.4 Å². The highest BCUT2D eigenvalue weighted by Gasteiger charge is 2.22. The number of aldehydes is 1. The second-order valence-corrected chi connectivity index (χ2v) is 8.23. The van der Waals surface area contributed by atoms with E-state index in [0.717, 1.165) is 19.1 Å². The Morgan fingerprint density at radius 1 is 1.30 bits per heavy atom. The first kappa shape index (κ1) is 17.9. The second-order valence-electron chi connectivity index (χ2n) is 6.12. The number of sulfone groups is 1. The highest BCUT2D eigenvalue weighted by molar-refractivity contribution is 7.91. The molecule has 0 amide bonds. The average molecular weight is 336 g/mol. The molecule has 0 spiro atoms. The summed E-state index contributed by atoms with van der Waals surface area (Å²) in [7, 11) is -3.22. The topological polar surface area (TPSA) is 60.4 Å². The zero-order chi connectivity index (χ0) is 16.7. The second kappa shape index (κ2) is 8.41. The van der Waals surface area contributed by atoms with E-state index in [0.29, 0.717) is 17.7 Å². The molecule has 0 radical (unpaired) electrons. The summed E-state index contributed by atoms with van der Waals surface area (Å²) < 4.78 is 30.4. The van der Waals surface area contributed by atoms with Crippen LogP contribution in [0.1, 0.15) is 32.6 Å². The molecule has 0 N–H and O–H groups in total. The van der Waals surface area contributed by atoms with Crippen LogP contribution in [0.3, 0.4) is 0 Å². The van der Waals surface area contributed by atoms with Crippen molar-refractivity contribution in [2.24, 2.45) is 5.92 Å². The summed E-state index contributed by atoms with van der Waals surface area (Å²) in [6.45, 7) is 2.05. The van der Waals surface area contributed by atoms with E-state index in [1.807, 2.05) is 12.1 Å². The molecule has 0 saturated carbocycles. The molecule has 1 aliphatic heterocycles. The van der Waals surface area contributed by atoms with E-state index in [1.165, 1.54) is 0 Å². The summed E-state index contributed by atoms with van der Waals surface area (Å²) in [5, 5.41) is 0. The maximum atomic E-state index is 12.3. The Morgan fingerprint density at radius 2 is 2.04 bits per heavy atom. The van der Waals surface area contributed by atoms with Crippen molar-refractivity contribution in [1.29, 1.82) is 0 Å². The van der Waals surface area contributed by atoms with Gasteiger partial charge in [-0.15, -0.1) is 0 Å². The molecule has 126 valence electrons. The number of hydrogen-bond donors (Lipinski definition) is 0. The van der Waals surface area contributed by atoms with E-state index < -0.39 is 9.84 Å². The lowest BCUT2D eigenvalue weighted by Gasteiger charge is -2.27. The minimum Gasteiger partial charge on any atom is -0.370 e. The van der Waals surface area contributed by atoms with Gasteiger partial charge in [-0.2, -0.15) is 0 Å². The highest BCUT2D eigenvalue weighted by Crippen LogP contribution is 2.23. The van der Waals surface area contributed by atoms with Gasteiger partial charge in [0.05, 0.1) is 22.9 Å². The van der Waals surface area contributed by atoms with Crippen molar-refractivity contribution < 1.29 is 17.9 Å². The summed E-state index contributed by atoms with van der Waals surface area (Å²) in [5.74, 6) is 0.403. The molecule has 3 atom stereocenters. The zero-order valence-corrected chi connectivity index (χ0v) is 14.2. The van der Waals surface area contributed by atoms with Crippen LogP contribution >= 0.6 is 0 Å². The van der Waals surface area contributed by atoms with E-state index in [-0.39, 0.29) is 23.9 Å². The summed E-state index contributed by atoms with van der Waals surface area (Å²) in [6.07, 6.45) is 7.40. The third kappa shape index (κ3) is 5.59. The Kier molecular flexibility index (Phi) is 6.54. The van der Waals surface area contributed by atoms with Crippen LogP contribution in [0.4, 0.5) is 0 Å². The Balaban J connectivity index is 1.82. The quantitative estimate of drug-likeness (QED) is 0.540. The van der Waals surface area contributed by atoms with Crippen LogP contribution in [0, 0.1) is 5.92 Å². The maximum absolute atomic E-state index is 12.3. The molecule has 0 unspecified atom stereocenters. The molecule has 0 saturated heterocycles. The van der Waals surface area contributed by atoms with Gasteiger partial charge in [0, 0.05) is 6.42 Å². The van der Waals surface area contributed by atoms with Gasteiger partial charge in [0.2, 0.25) is 0 Å². The normalized spacial score (nSPS) is 22.7. The monoisotopic (exact) mass is 336 g/mol. The first-order valence-electron chi connectivity index (χ1n) is 8.05. The largest absolute Gasteiger partial charge is 0.370 e. The lowest BCUT2D eigenvalue weighted by atomic mass is 9.97. The van der Waals surface area contributed by atoms with Crippen molar-refractivity contribution in [3.05, 3.63) is 42.5 Å². The predicted octanol–water partition coefficient (Wildman–Crippen LogP) is 3.18. The lowest BCUT2D eigenvalue weighted by molar-refractivity contribution is -0.111. The van der Waals surface area contributed by atoms with Crippen molar-refractivity contribution in [2.45, 2.75) is 49.7 Å². The summed E-state index contributed by atoms with van der Waals surface area (Å²) in [4.78, 5) is 11.0. The molecule has 0 aliphatic carbocycles. The fraction of sp³-hybridized carbons (Fsp3) is 0.500. The number of carbonyl (C=O) groups is 1. The Hall–Kier alpha value is -1.46. The molecule has 0 bridgehead atoms. The van der Waals surface area contributed by atoms with Crippen molar-refractivity contribution in [3.8, 4) is 0 Å². The first-order valence-corrected chi connectivity index (χ1v) is 9.70. The Bertz CT molecular complexity index is 622. The van der Waals surface area contributed by atoms with Gasteiger partial charge in [-0.05, 0) is 37.3 Å². The average Bonchev–Trinajstić information content (AvgIpc) is 2.55. The standard InChI is InChI=1S/C18H24O4S/c1-15(14-17-7-5-6-16(22-17)10-12-19)11-13-23(20,21)18-8-3-2-4-9-18/h2-6,8-9,12,15-17H,7,10-11,13-14H2,1H3/t15-,16-,17-/m0/s1. The number of benzene rings is 1. The van der Waals surface area contributed by atoms with E-state index in [2.05, 4.69) is 13.0 Å². The Morgan fingerprint density at radius 3 is 2.74 bits per heavy atom. The molecule has 1 aliphatic rings. The van der Waals surface area contributed by atoms with Gasteiger partial charge in [-0.25, -0.2) is 8.42 Å². The van der Waals surface area contributed by atoms with Crippen molar-refractivity contribution in [2.75, 3.05) is 5.75 Å². The third-order valence-electron chi connectivity index (χ3n) is 4.09. The van der Waals surface area contributed by atoms with Gasteiger partial charge in [-0.3, -0.25) is 0 Å². The van der Waals surface area contributed by atoms with Gasteiger partial charge in [0.25, 0.3) is 0 Å². The maximum Gasteiger partial charge on any atom is 0.178 e. The minimum atomic E-state index is -3.22. The van der Waals surface area contributed by atoms with Gasteiger partial charge in [0.1, 0.15) is 6.29 Å². The number of rotatable bonds is 8. The van der Waals surface area contributed by atoms with E-state index in [4.69, 9.17) is 4.74 Å². The molecule has 1 heterocycles. The fourth-order valence-electron chi connectivity index (χ4n) is 2.78. The molecule has 1 aromatic carbocycles. The molecule has 4 nitrogen and oxygen atoms in total. The van der Waals surface area contributed by atoms with Crippen molar-refractivity contribution in [3.63, 3.8) is 0 Å². The van der Waals surface area contributed by atoms with Crippen LogP contribution in [-0.4, -0.2) is 32.7 Å². The molecule has 2 rings (SSSR count).